The van der Waals surface area contributed by atoms with Gasteiger partial charge in [-0.15, -0.1) is 0 Å². The highest BCUT2D eigenvalue weighted by Gasteiger charge is 2.55. The molecule has 0 radical (unpaired) electrons. The largest absolute Gasteiger partial charge is 0.480 e. The van der Waals surface area contributed by atoms with Crippen LogP contribution in [0.25, 0.3) is 0 Å². The van der Waals surface area contributed by atoms with Crippen molar-refractivity contribution in [2.24, 2.45) is 11.3 Å². The summed E-state index contributed by atoms with van der Waals surface area (Å²) in [4.78, 5) is 23.2. The van der Waals surface area contributed by atoms with Crippen LogP contribution in [0.15, 0.2) is 0 Å². The van der Waals surface area contributed by atoms with Crippen molar-refractivity contribution in [2.75, 3.05) is 0 Å². The highest BCUT2D eigenvalue weighted by Crippen LogP contribution is 2.44. The fourth-order valence-corrected chi connectivity index (χ4v) is 3.68. The van der Waals surface area contributed by atoms with E-state index in [1.807, 2.05) is 0 Å². The smallest absolute Gasteiger partial charge is 0.321 e. The Labute approximate surface area is 132 Å². The Morgan fingerprint density at radius 1 is 1.05 bits per heavy atom. The minimum Gasteiger partial charge on any atom is -0.480 e. The van der Waals surface area contributed by atoms with Crippen LogP contribution in [0.5, 0.6) is 0 Å². The fourth-order valence-electron chi connectivity index (χ4n) is 3.68. The molecule has 1 saturated carbocycles. The molecule has 0 aromatic carbocycles. The Morgan fingerprint density at radius 2 is 1.64 bits per heavy atom. The normalized spacial score (nSPS) is 22.2. The molecule has 22 heavy (non-hydrogen) atoms. The Hall–Kier alpha value is -1.10. The van der Waals surface area contributed by atoms with Gasteiger partial charge in [0, 0.05) is 5.92 Å². The summed E-state index contributed by atoms with van der Waals surface area (Å²) in [6, 6.07) is 0. The van der Waals surface area contributed by atoms with E-state index in [1.54, 1.807) is 0 Å². The van der Waals surface area contributed by atoms with Crippen LogP contribution in [0.3, 0.4) is 0 Å². The van der Waals surface area contributed by atoms with Gasteiger partial charge < -0.3 is 15.3 Å². The van der Waals surface area contributed by atoms with Crippen LogP contribution >= 0.6 is 0 Å². The molecule has 0 amide bonds. The number of carboxylic acid groups (broad SMARTS) is 2. The summed E-state index contributed by atoms with van der Waals surface area (Å²) in [7, 11) is 0. The number of aliphatic carboxylic acids is 2. The zero-order valence-electron chi connectivity index (χ0n) is 13.6. The number of carbonyl (C=O) groups is 2. The lowest BCUT2D eigenvalue weighted by Crippen LogP contribution is -2.51. The van der Waals surface area contributed by atoms with E-state index in [0.717, 1.165) is 25.7 Å². The van der Waals surface area contributed by atoms with E-state index in [-0.39, 0.29) is 6.42 Å². The minimum absolute atomic E-state index is 0.121. The predicted molar refractivity (Wildman–Crippen MR) is 83.7 cm³/mol. The van der Waals surface area contributed by atoms with Gasteiger partial charge in [-0.25, -0.2) is 0 Å². The Balaban J connectivity index is 2.58. The molecule has 0 aromatic rings. The molecule has 0 heterocycles. The second-order valence-corrected chi connectivity index (χ2v) is 6.56. The van der Waals surface area contributed by atoms with E-state index in [0.29, 0.717) is 19.3 Å². The molecule has 5 heteroatoms. The number of aliphatic hydroxyl groups excluding tert-OH is 1. The quantitative estimate of drug-likeness (QED) is 0.424. The topological polar surface area (TPSA) is 94.8 Å². The maximum Gasteiger partial charge on any atom is 0.321 e. The van der Waals surface area contributed by atoms with Crippen LogP contribution < -0.4 is 0 Å². The van der Waals surface area contributed by atoms with Gasteiger partial charge in [0.2, 0.25) is 0 Å². The van der Waals surface area contributed by atoms with Crippen molar-refractivity contribution in [3.05, 3.63) is 0 Å². The number of hydrogen-bond acceptors (Lipinski definition) is 3. The lowest BCUT2D eigenvalue weighted by molar-refractivity contribution is -0.177. The maximum absolute atomic E-state index is 11.6. The number of carboxylic acids is 2. The van der Waals surface area contributed by atoms with Gasteiger partial charge in [0.25, 0.3) is 0 Å². The van der Waals surface area contributed by atoms with Gasteiger partial charge >= 0.3 is 11.9 Å². The average molecular weight is 314 g/mol. The summed E-state index contributed by atoms with van der Waals surface area (Å²) in [6.45, 7) is 2.16. The standard InChI is InChI=1S/C17H30O5/c1-2-3-4-5-6-7-11-14(18)13-10-8-9-12-17(13,15(19)20)16(21)22/h13-14,18H,2-12H2,1H3,(H,19,20)(H,21,22). The van der Waals surface area contributed by atoms with Gasteiger partial charge in [0.1, 0.15) is 0 Å². The first-order chi connectivity index (χ1) is 10.5. The molecule has 0 saturated heterocycles. The molecular formula is C17H30O5. The maximum atomic E-state index is 11.6. The first kappa shape index (κ1) is 18.9. The molecule has 5 nitrogen and oxygen atoms in total. The van der Waals surface area contributed by atoms with Gasteiger partial charge in [-0.3, -0.25) is 9.59 Å². The Bertz CT molecular complexity index is 352. The first-order valence-corrected chi connectivity index (χ1v) is 8.61. The van der Waals surface area contributed by atoms with Gasteiger partial charge in [0.15, 0.2) is 5.41 Å². The van der Waals surface area contributed by atoms with E-state index in [4.69, 9.17) is 0 Å². The third-order valence-corrected chi connectivity index (χ3v) is 5.05. The van der Waals surface area contributed by atoms with Crippen molar-refractivity contribution >= 4 is 11.9 Å². The molecule has 1 aliphatic carbocycles. The monoisotopic (exact) mass is 314 g/mol. The van der Waals surface area contributed by atoms with Crippen molar-refractivity contribution < 1.29 is 24.9 Å². The third-order valence-electron chi connectivity index (χ3n) is 5.05. The number of hydrogen-bond donors (Lipinski definition) is 3. The van der Waals surface area contributed by atoms with Crippen LogP contribution in [0.2, 0.25) is 0 Å². The zero-order valence-corrected chi connectivity index (χ0v) is 13.6. The van der Waals surface area contributed by atoms with Crippen LogP contribution in [-0.4, -0.2) is 33.4 Å². The van der Waals surface area contributed by atoms with Gasteiger partial charge in [0.05, 0.1) is 6.10 Å². The molecule has 1 fully saturated rings. The second kappa shape index (κ2) is 9.13. The molecule has 2 atom stereocenters. The number of aliphatic hydroxyl groups is 1. The van der Waals surface area contributed by atoms with Crippen LogP contribution in [0.1, 0.15) is 77.6 Å². The summed E-state index contributed by atoms with van der Waals surface area (Å²) in [6.07, 6.45) is 8.20. The van der Waals surface area contributed by atoms with Gasteiger partial charge in [-0.1, -0.05) is 58.3 Å². The van der Waals surface area contributed by atoms with Crippen molar-refractivity contribution in [1.82, 2.24) is 0 Å². The Morgan fingerprint density at radius 3 is 2.23 bits per heavy atom. The second-order valence-electron chi connectivity index (χ2n) is 6.56. The van der Waals surface area contributed by atoms with Gasteiger partial charge in [-0.2, -0.15) is 0 Å². The highest BCUT2D eigenvalue weighted by atomic mass is 16.4. The summed E-state index contributed by atoms with van der Waals surface area (Å²) in [5, 5.41) is 29.3. The van der Waals surface area contributed by atoms with E-state index in [1.165, 1.54) is 19.3 Å². The zero-order chi connectivity index (χ0) is 16.6. The molecule has 0 aromatic heterocycles. The molecule has 0 spiro atoms. The predicted octanol–water partition coefficient (Wildman–Crippen LogP) is 3.44. The molecule has 0 bridgehead atoms. The van der Waals surface area contributed by atoms with Gasteiger partial charge in [-0.05, 0) is 19.3 Å². The molecule has 1 aliphatic rings. The van der Waals surface area contributed by atoms with Crippen molar-refractivity contribution in [1.29, 1.82) is 0 Å². The molecular weight excluding hydrogens is 284 g/mol. The summed E-state index contributed by atoms with van der Waals surface area (Å²) >= 11 is 0. The first-order valence-electron chi connectivity index (χ1n) is 8.61. The molecule has 3 N–H and O–H groups in total. The van der Waals surface area contributed by atoms with Crippen LogP contribution in [0, 0.1) is 11.3 Å². The molecule has 2 unspecified atom stereocenters. The summed E-state index contributed by atoms with van der Waals surface area (Å²) < 4.78 is 0. The Kier molecular flexibility index (Phi) is 7.87. The SMILES string of the molecule is CCCCCCCCC(O)C1CCCCC1(C(=O)O)C(=O)O. The summed E-state index contributed by atoms with van der Waals surface area (Å²) in [5.41, 5.74) is -1.81. The fraction of sp³-hybridized carbons (Fsp3) is 0.882. The summed E-state index contributed by atoms with van der Waals surface area (Å²) in [5.74, 6) is -3.27. The molecule has 1 rings (SSSR count). The van der Waals surface area contributed by atoms with Crippen molar-refractivity contribution in [3.8, 4) is 0 Å². The third kappa shape index (κ3) is 4.45. The van der Waals surface area contributed by atoms with E-state index in [9.17, 15) is 24.9 Å². The van der Waals surface area contributed by atoms with Crippen molar-refractivity contribution in [3.63, 3.8) is 0 Å². The van der Waals surface area contributed by atoms with Crippen molar-refractivity contribution in [2.45, 2.75) is 83.7 Å². The number of unbranched alkanes of at least 4 members (excludes halogenated alkanes) is 5. The van der Waals surface area contributed by atoms with E-state index >= 15 is 0 Å². The highest BCUT2D eigenvalue weighted by molar-refractivity contribution is 5.98. The molecule has 128 valence electrons. The lowest BCUT2D eigenvalue weighted by Gasteiger charge is -2.39. The average Bonchev–Trinajstić information content (AvgIpc) is 2.49. The van der Waals surface area contributed by atoms with E-state index in [2.05, 4.69) is 6.92 Å². The van der Waals surface area contributed by atoms with Crippen LogP contribution in [0.4, 0.5) is 0 Å². The van der Waals surface area contributed by atoms with Crippen LogP contribution in [-0.2, 0) is 9.59 Å². The lowest BCUT2D eigenvalue weighted by atomic mass is 9.63. The minimum atomic E-state index is -1.81. The van der Waals surface area contributed by atoms with E-state index < -0.39 is 29.4 Å². The molecule has 0 aliphatic heterocycles. The number of rotatable bonds is 10.